The predicted molar refractivity (Wildman–Crippen MR) is 284 cm³/mol. The molecule has 1 atom stereocenters. The molecular weight excluding hydrogens is 817 g/mol. The molecule has 0 radical (unpaired) electrons. The number of rotatable bonds is 52. The van der Waals surface area contributed by atoms with Crippen molar-refractivity contribution in [2.24, 2.45) is 0 Å². The van der Waals surface area contributed by atoms with Gasteiger partial charge in [-0.1, -0.05) is 262 Å². The second-order valence-corrected chi connectivity index (χ2v) is 19.2. The summed E-state index contributed by atoms with van der Waals surface area (Å²) in [7, 11) is 0. The van der Waals surface area contributed by atoms with Crippen molar-refractivity contribution in [1.82, 2.24) is 0 Å². The molecule has 0 heterocycles. The molecule has 0 spiro atoms. The normalized spacial score (nSPS) is 12.3. The first-order chi connectivity index (χ1) is 32.5. The van der Waals surface area contributed by atoms with Crippen molar-refractivity contribution in [2.75, 3.05) is 13.2 Å². The summed E-state index contributed by atoms with van der Waals surface area (Å²) >= 11 is 0. The SMILES string of the molecule is CC\C=C/C=C\C=C/CCCCCCCCCC(=O)OC(COC(=O)CCCCCCCCC/C=C\CCCCCC)COC(=O)CCCCCCCCCCCCCCCCCCCC. The highest BCUT2D eigenvalue weighted by Gasteiger charge is 2.19. The lowest BCUT2D eigenvalue weighted by molar-refractivity contribution is -0.167. The second-order valence-electron chi connectivity index (χ2n) is 19.2. The third-order valence-electron chi connectivity index (χ3n) is 12.6. The van der Waals surface area contributed by atoms with E-state index < -0.39 is 6.10 Å². The Hall–Kier alpha value is -2.63. The van der Waals surface area contributed by atoms with E-state index in [9.17, 15) is 14.4 Å². The van der Waals surface area contributed by atoms with Crippen LogP contribution in [0, 0.1) is 0 Å². The van der Waals surface area contributed by atoms with Gasteiger partial charge in [-0.05, 0) is 64.2 Å². The maximum absolute atomic E-state index is 12.8. The zero-order valence-corrected chi connectivity index (χ0v) is 44.0. The first-order valence-electron chi connectivity index (χ1n) is 28.7. The molecule has 0 rings (SSSR count). The van der Waals surface area contributed by atoms with E-state index in [0.29, 0.717) is 19.3 Å². The summed E-state index contributed by atoms with van der Waals surface area (Å²) in [6.07, 6.45) is 66.7. The van der Waals surface area contributed by atoms with E-state index in [2.05, 4.69) is 69.4 Å². The van der Waals surface area contributed by atoms with Crippen LogP contribution in [0.25, 0.3) is 0 Å². The van der Waals surface area contributed by atoms with E-state index in [1.54, 1.807) is 0 Å². The molecule has 0 aliphatic rings. The summed E-state index contributed by atoms with van der Waals surface area (Å²) in [4.78, 5) is 38.1. The number of allylic oxidation sites excluding steroid dienone is 8. The summed E-state index contributed by atoms with van der Waals surface area (Å²) in [6.45, 7) is 6.52. The molecule has 0 saturated carbocycles. The smallest absolute Gasteiger partial charge is 0.306 e. The van der Waals surface area contributed by atoms with Crippen molar-refractivity contribution in [3.05, 3.63) is 48.6 Å². The molecule has 0 aromatic heterocycles. The third kappa shape index (κ3) is 52.3. The summed E-state index contributed by atoms with van der Waals surface area (Å²) in [5.74, 6) is -0.878. The highest BCUT2D eigenvalue weighted by molar-refractivity contribution is 5.71. The standard InChI is InChI=1S/C60H108O6/c1-4-7-10-13-16-19-22-25-28-29-30-33-35-38-41-44-47-50-53-59(62)65-56-57(66-60(63)54-51-48-45-42-39-36-32-27-24-21-18-15-12-9-6-3)55-64-58(61)52-49-46-43-40-37-34-31-26-23-20-17-14-11-8-5-2/h9,12,15,18,20-21,23-24,57H,4-8,10-11,13-14,16-17,19,22,25-56H2,1-3H3/b12-9-,18-15-,23-20-,24-21-. The molecule has 0 N–H and O–H groups in total. The minimum atomic E-state index is -0.779. The van der Waals surface area contributed by atoms with Crippen LogP contribution < -0.4 is 0 Å². The zero-order chi connectivity index (χ0) is 47.9. The first kappa shape index (κ1) is 63.4. The Bertz CT molecular complexity index is 1150. The third-order valence-corrected chi connectivity index (χ3v) is 12.6. The van der Waals surface area contributed by atoms with E-state index in [1.165, 1.54) is 186 Å². The lowest BCUT2D eigenvalue weighted by atomic mass is 10.0. The van der Waals surface area contributed by atoms with Crippen LogP contribution in [0.1, 0.15) is 297 Å². The summed E-state index contributed by atoms with van der Waals surface area (Å²) < 4.78 is 16.9. The number of hydrogen-bond donors (Lipinski definition) is 0. The van der Waals surface area contributed by atoms with E-state index >= 15 is 0 Å². The van der Waals surface area contributed by atoms with Gasteiger partial charge in [-0.25, -0.2) is 0 Å². The Balaban J connectivity index is 4.35. The minimum absolute atomic E-state index is 0.0764. The van der Waals surface area contributed by atoms with Crippen LogP contribution in [0.4, 0.5) is 0 Å². The number of hydrogen-bond acceptors (Lipinski definition) is 6. The van der Waals surface area contributed by atoms with Crippen molar-refractivity contribution in [3.8, 4) is 0 Å². The van der Waals surface area contributed by atoms with Gasteiger partial charge in [-0.2, -0.15) is 0 Å². The Kier molecular flexibility index (Phi) is 52.8. The Morgan fingerprint density at radius 2 is 0.606 bits per heavy atom. The fourth-order valence-electron chi connectivity index (χ4n) is 8.32. The minimum Gasteiger partial charge on any atom is -0.462 e. The van der Waals surface area contributed by atoms with Gasteiger partial charge in [0, 0.05) is 19.3 Å². The summed E-state index contributed by atoms with van der Waals surface area (Å²) in [5, 5.41) is 0. The van der Waals surface area contributed by atoms with Crippen molar-refractivity contribution < 1.29 is 28.6 Å². The van der Waals surface area contributed by atoms with Crippen LogP contribution in [-0.2, 0) is 28.6 Å². The number of esters is 3. The van der Waals surface area contributed by atoms with Gasteiger partial charge in [0.1, 0.15) is 13.2 Å². The number of carbonyl (C=O) groups excluding carboxylic acids is 3. The number of carbonyl (C=O) groups is 3. The molecule has 0 saturated heterocycles. The monoisotopic (exact) mass is 925 g/mol. The van der Waals surface area contributed by atoms with Crippen molar-refractivity contribution in [1.29, 1.82) is 0 Å². The molecule has 0 aromatic carbocycles. The largest absolute Gasteiger partial charge is 0.462 e. The van der Waals surface area contributed by atoms with Crippen LogP contribution in [-0.4, -0.2) is 37.2 Å². The highest BCUT2D eigenvalue weighted by atomic mass is 16.6. The van der Waals surface area contributed by atoms with Gasteiger partial charge < -0.3 is 14.2 Å². The van der Waals surface area contributed by atoms with Crippen LogP contribution >= 0.6 is 0 Å². The maximum Gasteiger partial charge on any atom is 0.306 e. The topological polar surface area (TPSA) is 78.9 Å². The van der Waals surface area contributed by atoms with Crippen molar-refractivity contribution in [3.63, 3.8) is 0 Å². The fraction of sp³-hybridized carbons (Fsp3) is 0.817. The molecule has 6 nitrogen and oxygen atoms in total. The predicted octanol–water partition coefficient (Wildman–Crippen LogP) is 19.0. The molecule has 0 amide bonds. The van der Waals surface area contributed by atoms with Gasteiger partial charge in [0.25, 0.3) is 0 Å². The second kappa shape index (κ2) is 55.0. The number of ether oxygens (including phenoxy) is 3. The Morgan fingerprint density at radius 1 is 0.318 bits per heavy atom. The molecule has 0 aliphatic carbocycles. The highest BCUT2D eigenvalue weighted by Crippen LogP contribution is 2.17. The van der Waals surface area contributed by atoms with Gasteiger partial charge in [0.15, 0.2) is 6.10 Å². The molecule has 0 fully saturated rings. The van der Waals surface area contributed by atoms with Crippen LogP contribution in [0.3, 0.4) is 0 Å². The molecule has 0 bridgehead atoms. The van der Waals surface area contributed by atoms with E-state index in [-0.39, 0.29) is 31.1 Å². The first-order valence-corrected chi connectivity index (χ1v) is 28.7. The summed E-state index contributed by atoms with van der Waals surface area (Å²) in [6, 6.07) is 0. The van der Waals surface area contributed by atoms with Crippen LogP contribution in [0.15, 0.2) is 48.6 Å². The van der Waals surface area contributed by atoms with E-state index in [0.717, 1.165) is 70.6 Å². The molecule has 0 aliphatic heterocycles. The average molecular weight is 926 g/mol. The van der Waals surface area contributed by atoms with Gasteiger partial charge in [0.2, 0.25) is 0 Å². The van der Waals surface area contributed by atoms with E-state index in [4.69, 9.17) is 14.2 Å². The zero-order valence-electron chi connectivity index (χ0n) is 44.0. The molecule has 0 aromatic rings. The van der Waals surface area contributed by atoms with Crippen molar-refractivity contribution in [2.45, 2.75) is 303 Å². The maximum atomic E-state index is 12.8. The lowest BCUT2D eigenvalue weighted by Gasteiger charge is -2.18. The van der Waals surface area contributed by atoms with Gasteiger partial charge in [0.05, 0.1) is 0 Å². The molecule has 384 valence electrons. The van der Waals surface area contributed by atoms with Crippen LogP contribution in [0.5, 0.6) is 0 Å². The molecule has 66 heavy (non-hydrogen) atoms. The van der Waals surface area contributed by atoms with E-state index in [1.807, 2.05) is 0 Å². The molecule has 6 heteroatoms. The summed E-state index contributed by atoms with van der Waals surface area (Å²) in [5.41, 5.74) is 0. The number of unbranched alkanes of at least 4 members (excludes halogenated alkanes) is 35. The van der Waals surface area contributed by atoms with Gasteiger partial charge >= 0.3 is 17.9 Å². The molecule has 1 unspecified atom stereocenters. The Morgan fingerprint density at radius 3 is 0.970 bits per heavy atom. The lowest BCUT2D eigenvalue weighted by Crippen LogP contribution is -2.30. The quantitative estimate of drug-likeness (QED) is 0.0199. The van der Waals surface area contributed by atoms with Gasteiger partial charge in [-0.3, -0.25) is 14.4 Å². The Labute approximate surface area is 409 Å². The van der Waals surface area contributed by atoms with Crippen molar-refractivity contribution >= 4 is 17.9 Å². The molecular formula is C60H108O6. The van der Waals surface area contributed by atoms with Gasteiger partial charge in [-0.15, -0.1) is 0 Å². The van der Waals surface area contributed by atoms with Crippen LogP contribution in [0.2, 0.25) is 0 Å². The fourth-order valence-corrected chi connectivity index (χ4v) is 8.32. The average Bonchev–Trinajstić information content (AvgIpc) is 3.31.